The maximum atomic E-state index is 12.9. The van der Waals surface area contributed by atoms with Gasteiger partial charge in [-0.1, -0.05) is 293 Å². The van der Waals surface area contributed by atoms with E-state index >= 15 is 0 Å². The third-order valence-electron chi connectivity index (χ3n) is 14.3. The van der Waals surface area contributed by atoms with Crippen molar-refractivity contribution in [2.45, 2.75) is 341 Å². The van der Waals surface area contributed by atoms with Crippen molar-refractivity contribution in [2.24, 2.45) is 0 Å². The van der Waals surface area contributed by atoms with Gasteiger partial charge in [-0.15, -0.1) is 0 Å². The molecule has 0 bridgehead atoms. The van der Waals surface area contributed by atoms with Crippen LogP contribution in [0, 0.1) is 0 Å². The molecule has 0 aliphatic rings. The molecular formula is C68H122O6. The van der Waals surface area contributed by atoms with Crippen LogP contribution in [-0.4, -0.2) is 37.2 Å². The van der Waals surface area contributed by atoms with E-state index in [9.17, 15) is 14.4 Å². The Morgan fingerprint density at radius 1 is 0.284 bits per heavy atom. The molecule has 0 saturated heterocycles. The van der Waals surface area contributed by atoms with Crippen LogP contribution < -0.4 is 0 Å². The van der Waals surface area contributed by atoms with E-state index in [-0.39, 0.29) is 31.1 Å². The van der Waals surface area contributed by atoms with Crippen LogP contribution in [0.3, 0.4) is 0 Å². The van der Waals surface area contributed by atoms with Crippen LogP contribution in [0.25, 0.3) is 0 Å². The Balaban J connectivity index is 4.37. The Labute approximate surface area is 460 Å². The van der Waals surface area contributed by atoms with Crippen molar-refractivity contribution in [3.8, 4) is 0 Å². The third kappa shape index (κ3) is 60.0. The van der Waals surface area contributed by atoms with Crippen LogP contribution in [0.2, 0.25) is 0 Å². The summed E-state index contributed by atoms with van der Waals surface area (Å²) in [5.41, 5.74) is 0. The highest BCUT2D eigenvalue weighted by Crippen LogP contribution is 2.17. The molecule has 6 heteroatoms. The minimum atomic E-state index is -0.783. The normalized spacial score (nSPS) is 12.4. The van der Waals surface area contributed by atoms with Crippen molar-refractivity contribution in [3.63, 3.8) is 0 Å². The molecular weight excluding hydrogens is 913 g/mol. The molecule has 430 valence electrons. The van der Waals surface area contributed by atoms with Gasteiger partial charge in [0.2, 0.25) is 0 Å². The van der Waals surface area contributed by atoms with Crippen molar-refractivity contribution in [2.75, 3.05) is 13.2 Å². The van der Waals surface area contributed by atoms with Gasteiger partial charge in [0, 0.05) is 19.3 Å². The molecule has 0 aromatic heterocycles. The topological polar surface area (TPSA) is 78.9 Å². The maximum absolute atomic E-state index is 12.9. The van der Waals surface area contributed by atoms with Gasteiger partial charge in [-0.2, -0.15) is 0 Å². The van der Waals surface area contributed by atoms with E-state index in [1.807, 2.05) is 0 Å². The summed E-state index contributed by atoms with van der Waals surface area (Å²) in [7, 11) is 0. The zero-order valence-electron chi connectivity index (χ0n) is 49.4. The number of esters is 3. The number of carbonyl (C=O) groups excluding carboxylic acids is 3. The van der Waals surface area contributed by atoms with E-state index in [2.05, 4.69) is 81.5 Å². The smallest absolute Gasteiger partial charge is 0.306 e. The summed E-state index contributed by atoms with van der Waals surface area (Å²) in [6.07, 6.45) is 79.4. The molecule has 0 radical (unpaired) electrons. The summed E-state index contributed by atoms with van der Waals surface area (Å²) >= 11 is 0. The van der Waals surface area contributed by atoms with Gasteiger partial charge in [0.05, 0.1) is 0 Å². The van der Waals surface area contributed by atoms with Gasteiger partial charge in [0.15, 0.2) is 6.10 Å². The fraction of sp³-hybridized carbons (Fsp3) is 0.809. The Morgan fingerprint density at radius 3 is 0.838 bits per heavy atom. The zero-order valence-corrected chi connectivity index (χ0v) is 49.4. The van der Waals surface area contributed by atoms with Crippen LogP contribution >= 0.6 is 0 Å². The Bertz CT molecular complexity index is 1330. The second-order valence-corrected chi connectivity index (χ2v) is 21.6. The number of hydrogen-bond donors (Lipinski definition) is 0. The van der Waals surface area contributed by atoms with Gasteiger partial charge in [0.1, 0.15) is 13.2 Å². The van der Waals surface area contributed by atoms with Crippen LogP contribution in [0.15, 0.2) is 60.8 Å². The average molecular weight is 1040 g/mol. The fourth-order valence-electron chi connectivity index (χ4n) is 9.43. The lowest BCUT2D eigenvalue weighted by atomic mass is 10.0. The molecule has 0 aliphatic heterocycles. The predicted molar refractivity (Wildman–Crippen MR) is 321 cm³/mol. The van der Waals surface area contributed by atoms with Gasteiger partial charge >= 0.3 is 17.9 Å². The number of unbranched alkanes of at least 4 members (excludes halogenated alkanes) is 38. The zero-order chi connectivity index (χ0) is 53.6. The largest absolute Gasteiger partial charge is 0.462 e. The highest BCUT2D eigenvalue weighted by atomic mass is 16.6. The maximum Gasteiger partial charge on any atom is 0.306 e. The van der Waals surface area contributed by atoms with E-state index in [1.54, 1.807) is 0 Å². The first-order chi connectivity index (χ1) is 36.5. The second kappa shape index (κ2) is 62.6. The molecule has 74 heavy (non-hydrogen) atoms. The van der Waals surface area contributed by atoms with E-state index in [0.717, 1.165) is 96.3 Å². The summed E-state index contributed by atoms with van der Waals surface area (Å²) in [5, 5.41) is 0. The van der Waals surface area contributed by atoms with E-state index in [1.165, 1.54) is 199 Å². The Kier molecular flexibility index (Phi) is 60.2. The molecule has 0 heterocycles. The molecule has 0 fully saturated rings. The molecule has 0 spiro atoms. The molecule has 0 rings (SSSR count). The first kappa shape index (κ1) is 71.1. The van der Waals surface area contributed by atoms with Gasteiger partial charge in [-0.25, -0.2) is 0 Å². The number of allylic oxidation sites excluding steroid dienone is 10. The number of carbonyl (C=O) groups is 3. The summed E-state index contributed by atoms with van der Waals surface area (Å²) in [4.78, 5) is 38.3. The summed E-state index contributed by atoms with van der Waals surface area (Å²) in [6.45, 7) is 6.56. The van der Waals surface area contributed by atoms with Crippen molar-refractivity contribution >= 4 is 17.9 Å². The van der Waals surface area contributed by atoms with Crippen LogP contribution in [0.5, 0.6) is 0 Å². The second-order valence-electron chi connectivity index (χ2n) is 21.6. The van der Waals surface area contributed by atoms with E-state index < -0.39 is 6.10 Å². The highest BCUT2D eigenvalue weighted by molar-refractivity contribution is 5.71. The molecule has 0 amide bonds. The molecule has 1 unspecified atom stereocenters. The molecule has 6 nitrogen and oxygen atoms in total. The summed E-state index contributed by atoms with van der Waals surface area (Å²) < 4.78 is 16.9. The van der Waals surface area contributed by atoms with E-state index in [4.69, 9.17) is 14.2 Å². The summed E-state index contributed by atoms with van der Waals surface area (Å²) in [6, 6.07) is 0. The molecule has 0 N–H and O–H groups in total. The lowest BCUT2D eigenvalue weighted by Crippen LogP contribution is -2.30. The van der Waals surface area contributed by atoms with Gasteiger partial charge < -0.3 is 14.2 Å². The quantitative estimate of drug-likeness (QED) is 0.0261. The predicted octanol–water partition coefficient (Wildman–Crippen LogP) is 21.9. The SMILES string of the molecule is CC/C=C\C/C=C\C/C=C\C/C=C\CCCCCCCCC(=O)OC(COC(=O)CCCCCCCCC/C=C\CCCCCCCC)COC(=O)CCCCCCCCCCCCCCCCCCCCCC. The van der Waals surface area contributed by atoms with Crippen molar-refractivity contribution < 1.29 is 28.6 Å². The lowest BCUT2D eigenvalue weighted by Gasteiger charge is -2.18. The van der Waals surface area contributed by atoms with Crippen molar-refractivity contribution in [1.82, 2.24) is 0 Å². The monoisotopic (exact) mass is 1030 g/mol. The Morgan fingerprint density at radius 2 is 0.527 bits per heavy atom. The standard InChI is InChI=1S/C68H122O6/c1-4-7-10-13-16-19-22-25-28-31-33-35-37-40-43-46-49-52-55-58-61-67(70)73-64-65(63-72-66(69)60-57-54-51-48-45-42-39-36-30-27-24-21-18-15-12-9-6-3)74-68(71)62-59-56-53-50-47-44-41-38-34-32-29-26-23-20-17-14-11-8-5-2/h8,11,17,20,26-27,29-30,34,38,65H,4-7,9-10,12-16,18-19,21-25,28,31-33,35-37,39-64H2,1-3H3/b11-8-,20-17-,29-26-,30-27-,38-34-. The molecule has 1 atom stereocenters. The van der Waals surface area contributed by atoms with Gasteiger partial charge in [0.25, 0.3) is 0 Å². The first-order valence-corrected chi connectivity index (χ1v) is 32.3. The number of hydrogen-bond acceptors (Lipinski definition) is 6. The van der Waals surface area contributed by atoms with Crippen LogP contribution in [0.1, 0.15) is 335 Å². The third-order valence-corrected chi connectivity index (χ3v) is 14.3. The lowest BCUT2D eigenvalue weighted by molar-refractivity contribution is -0.167. The average Bonchev–Trinajstić information content (AvgIpc) is 3.40. The van der Waals surface area contributed by atoms with Crippen LogP contribution in [0.4, 0.5) is 0 Å². The minimum Gasteiger partial charge on any atom is -0.462 e. The highest BCUT2D eigenvalue weighted by Gasteiger charge is 2.19. The van der Waals surface area contributed by atoms with Crippen LogP contribution in [-0.2, 0) is 28.6 Å². The van der Waals surface area contributed by atoms with Gasteiger partial charge in [-0.3, -0.25) is 14.4 Å². The minimum absolute atomic E-state index is 0.0781. The molecule has 0 aromatic carbocycles. The fourth-order valence-corrected chi connectivity index (χ4v) is 9.43. The molecule has 0 aromatic rings. The molecule has 0 aliphatic carbocycles. The molecule has 0 saturated carbocycles. The van der Waals surface area contributed by atoms with Gasteiger partial charge in [-0.05, 0) is 83.5 Å². The van der Waals surface area contributed by atoms with E-state index in [0.29, 0.717) is 19.3 Å². The Hall–Kier alpha value is -2.89. The summed E-state index contributed by atoms with van der Waals surface area (Å²) in [5.74, 6) is -0.877. The van der Waals surface area contributed by atoms with Crippen molar-refractivity contribution in [3.05, 3.63) is 60.8 Å². The number of rotatable bonds is 59. The first-order valence-electron chi connectivity index (χ1n) is 32.3. The van der Waals surface area contributed by atoms with Crippen molar-refractivity contribution in [1.29, 1.82) is 0 Å². The number of ether oxygens (including phenoxy) is 3.